The third kappa shape index (κ3) is 3.24. The lowest BCUT2D eigenvalue weighted by Crippen LogP contribution is -2.43. The molecule has 0 spiro atoms. The number of nitrogens with one attached hydrogen (secondary N) is 1. The number of hydrogen-bond donors (Lipinski definition) is 1. The predicted octanol–water partition coefficient (Wildman–Crippen LogP) is 2.44. The Morgan fingerprint density at radius 1 is 1.44 bits per heavy atom. The fourth-order valence-electron chi connectivity index (χ4n) is 2.27. The molecule has 1 aromatic carbocycles. The summed E-state index contributed by atoms with van der Waals surface area (Å²) in [4.78, 5) is 14.2. The first-order valence-electron chi connectivity index (χ1n) is 6.47. The summed E-state index contributed by atoms with van der Waals surface area (Å²) in [5, 5.41) is 3.98. The van der Waals surface area contributed by atoms with Crippen LogP contribution in [0.5, 0.6) is 0 Å². The van der Waals surface area contributed by atoms with Crippen LogP contribution in [0.1, 0.15) is 25.3 Å². The molecule has 0 radical (unpaired) electrons. The minimum Gasteiger partial charge on any atom is -0.337 e. The average molecular weight is 267 g/mol. The number of hydrogen-bond acceptors (Lipinski definition) is 2. The summed E-state index contributed by atoms with van der Waals surface area (Å²) in [6, 6.07) is 7.68. The molecule has 1 atom stereocenters. The fourth-order valence-corrected chi connectivity index (χ4v) is 2.40. The first-order valence-corrected chi connectivity index (χ1v) is 6.85. The molecule has 0 aromatic heterocycles. The highest BCUT2D eigenvalue weighted by Crippen LogP contribution is 2.14. The first-order chi connectivity index (χ1) is 8.70. The van der Waals surface area contributed by atoms with E-state index in [1.54, 1.807) is 0 Å². The number of carbonyl (C=O) groups is 1. The SMILES string of the molecule is CCN(Cc1ccc(Cl)cc1)C(=O)C1CCCN1. The van der Waals surface area contributed by atoms with Crippen molar-refractivity contribution in [2.75, 3.05) is 13.1 Å². The zero-order valence-electron chi connectivity index (χ0n) is 10.7. The van der Waals surface area contributed by atoms with Gasteiger partial charge in [-0.05, 0) is 44.0 Å². The summed E-state index contributed by atoms with van der Waals surface area (Å²) in [7, 11) is 0. The Balaban J connectivity index is 2.00. The number of benzene rings is 1. The largest absolute Gasteiger partial charge is 0.337 e. The Bertz CT molecular complexity index is 399. The maximum absolute atomic E-state index is 12.3. The molecule has 18 heavy (non-hydrogen) atoms. The van der Waals surface area contributed by atoms with Gasteiger partial charge in [-0.3, -0.25) is 4.79 Å². The van der Waals surface area contributed by atoms with Crippen molar-refractivity contribution in [1.29, 1.82) is 0 Å². The molecule has 0 saturated carbocycles. The Morgan fingerprint density at radius 2 is 2.17 bits per heavy atom. The Hall–Kier alpha value is -1.06. The zero-order valence-corrected chi connectivity index (χ0v) is 11.4. The summed E-state index contributed by atoms with van der Waals surface area (Å²) in [5.74, 6) is 0.213. The van der Waals surface area contributed by atoms with Crippen LogP contribution in [0.2, 0.25) is 5.02 Å². The van der Waals surface area contributed by atoms with E-state index in [1.807, 2.05) is 36.1 Å². The minimum atomic E-state index is 0.0113. The molecule has 1 aromatic rings. The van der Waals surface area contributed by atoms with Gasteiger partial charge < -0.3 is 10.2 Å². The van der Waals surface area contributed by atoms with Crippen LogP contribution in [0, 0.1) is 0 Å². The number of rotatable bonds is 4. The molecule has 0 aliphatic carbocycles. The van der Waals surface area contributed by atoms with Crippen LogP contribution in [0.3, 0.4) is 0 Å². The lowest BCUT2D eigenvalue weighted by molar-refractivity contribution is -0.133. The number of likely N-dealkylation sites (N-methyl/N-ethyl adjacent to an activating group) is 1. The Labute approximate surface area is 113 Å². The van der Waals surface area contributed by atoms with E-state index >= 15 is 0 Å². The van der Waals surface area contributed by atoms with E-state index in [-0.39, 0.29) is 11.9 Å². The van der Waals surface area contributed by atoms with Crippen LogP contribution in [0.15, 0.2) is 24.3 Å². The quantitative estimate of drug-likeness (QED) is 0.908. The third-order valence-corrected chi connectivity index (χ3v) is 3.59. The van der Waals surface area contributed by atoms with Crippen molar-refractivity contribution in [3.63, 3.8) is 0 Å². The highest BCUT2D eigenvalue weighted by Gasteiger charge is 2.25. The molecule has 1 amide bonds. The van der Waals surface area contributed by atoms with Crippen molar-refractivity contribution in [1.82, 2.24) is 10.2 Å². The smallest absolute Gasteiger partial charge is 0.239 e. The highest BCUT2D eigenvalue weighted by molar-refractivity contribution is 6.30. The molecule has 0 bridgehead atoms. The van der Waals surface area contributed by atoms with Crippen molar-refractivity contribution >= 4 is 17.5 Å². The van der Waals surface area contributed by atoms with Gasteiger partial charge in [-0.15, -0.1) is 0 Å². The van der Waals surface area contributed by atoms with Crippen LogP contribution in [-0.4, -0.2) is 29.9 Å². The van der Waals surface area contributed by atoms with Gasteiger partial charge in [0.1, 0.15) is 0 Å². The number of halogens is 1. The maximum Gasteiger partial charge on any atom is 0.239 e. The summed E-state index contributed by atoms with van der Waals surface area (Å²) >= 11 is 5.86. The van der Waals surface area contributed by atoms with Gasteiger partial charge in [-0.1, -0.05) is 23.7 Å². The van der Waals surface area contributed by atoms with Gasteiger partial charge in [0.05, 0.1) is 6.04 Å². The summed E-state index contributed by atoms with van der Waals surface area (Å²) < 4.78 is 0. The fraction of sp³-hybridized carbons (Fsp3) is 0.500. The molecular weight excluding hydrogens is 248 g/mol. The lowest BCUT2D eigenvalue weighted by atomic mass is 10.1. The van der Waals surface area contributed by atoms with Gasteiger partial charge in [-0.25, -0.2) is 0 Å². The van der Waals surface area contributed by atoms with Crippen LogP contribution in [0.4, 0.5) is 0 Å². The zero-order chi connectivity index (χ0) is 13.0. The molecule has 1 fully saturated rings. The first kappa shape index (κ1) is 13.4. The molecule has 1 N–H and O–H groups in total. The van der Waals surface area contributed by atoms with Crippen LogP contribution < -0.4 is 5.32 Å². The maximum atomic E-state index is 12.3. The standard InChI is InChI=1S/C14H19ClN2O/c1-2-17(14(18)13-4-3-9-16-13)10-11-5-7-12(15)8-6-11/h5-8,13,16H,2-4,9-10H2,1H3. The molecule has 4 heteroatoms. The van der Waals surface area contributed by atoms with Gasteiger partial charge >= 0.3 is 0 Å². The molecule has 1 unspecified atom stereocenters. The summed E-state index contributed by atoms with van der Waals surface area (Å²) in [6.07, 6.45) is 2.05. The normalized spacial score (nSPS) is 18.9. The monoisotopic (exact) mass is 266 g/mol. The Morgan fingerprint density at radius 3 is 2.72 bits per heavy atom. The summed E-state index contributed by atoms with van der Waals surface area (Å²) in [5.41, 5.74) is 1.12. The van der Waals surface area contributed by atoms with Gasteiger partial charge in [0.2, 0.25) is 5.91 Å². The van der Waals surface area contributed by atoms with Crippen LogP contribution >= 0.6 is 11.6 Å². The topological polar surface area (TPSA) is 32.3 Å². The molecular formula is C14H19ClN2O. The van der Waals surface area contributed by atoms with Crippen molar-refractivity contribution in [3.05, 3.63) is 34.9 Å². The second-order valence-corrected chi connectivity index (χ2v) is 5.06. The number of amides is 1. The second kappa shape index (κ2) is 6.21. The van der Waals surface area contributed by atoms with E-state index in [4.69, 9.17) is 11.6 Å². The molecule has 1 aliphatic heterocycles. The summed E-state index contributed by atoms with van der Waals surface area (Å²) in [6.45, 7) is 4.36. The molecule has 98 valence electrons. The molecule has 2 rings (SSSR count). The molecule has 3 nitrogen and oxygen atoms in total. The molecule has 1 aliphatic rings. The van der Waals surface area contributed by atoms with E-state index in [0.717, 1.165) is 36.5 Å². The molecule has 1 saturated heterocycles. The predicted molar refractivity (Wildman–Crippen MR) is 73.6 cm³/mol. The third-order valence-electron chi connectivity index (χ3n) is 3.34. The Kier molecular flexibility index (Phi) is 4.61. The van der Waals surface area contributed by atoms with Gasteiger partial charge in [0.25, 0.3) is 0 Å². The average Bonchev–Trinajstić information content (AvgIpc) is 2.91. The van der Waals surface area contributed by atoms with Gasteiger partial charge in [0, 0.05) is 18.1 Å². The van der Waals surface area contributed by atoms with Crippen molar-refractivity contribution in [2.45, 2.75) is 32.4 Å². The van der Waals surface area contributed by atoms with E-state index in [2.05, 4.69) is 5.32 Å². The van der Waals surface area contributed by atoms with Crippen LogP contribution in [-0.2, 0) is 11.3 Å². The second-order valence-electron chi connectivity index (χ2n) is 4.63. The number of nitrogens with zero attached hydrogens (tertiary/aromatic N) is 1. The van der Waals surface area contributed by atoms with Crippen molar-refractivity contribution in [2.24, 2.45) is 0 Å². The van der Waals surface area contributed by atoms with E-state index in [1.165, 1.54) is 0 Å². The van der Waals surface area contributed by atoms with E-state index < -0.39 is 0 Å². The van der Waals surface area contributed by atoms with E-state index in [9.17, 15) is 4.79 Å². The van der Waals surface area contributed by atoms with Gasteiger partial charge in [0.15, 0.2) is 0 Å². The lowest BCUT2D eigenvalue weighted by Gasteiger charge is -2.24. The highest BCUT2D eigenvalue weighted by atomic mass is 35.5. The van der Waals surface area contributed by atoms with E-state index in [0.29, 0.717) is 6.54 Å². The number of carbonyl (C=O) groups excluding carboxylic acids is 1. The van der Waals surface area contributed by atoms with Gasteiger partial charge in [-0.2, -0.15) is 0 Å². The van der Waals surface area contributed by atoms with Crippen LogP contribution in [0.25, 0.3) is 0 Å². The van der Waals surface area contributed by atoms with Crippen molar-refractivity contribution in [3.8, 4) is 0 Å². The molecule has 1 heterocycles. The minimum absolute atomic E-state index is 0.0113. The van der Waals surface area contributed by atoms with Crippen molar-refractivity contribution < 1.29 is 4.79 Å².